The summed E-state index contributed by atoms with van der Waals surface area (Å²) in [6.07, 6.45) is 0. The van der Waals surface area contributed by atoms with Gasteiger partial charge in [0.15, 0.2) is 5.58 Å². The molecule has 270 valence electrons. The number of furan rings is 1. The number of para-hydroxylation sites is 3. The van der Waals surface area contributed by atoms with E-state index in [4.69, 9.17) is 9.15 Å². The largest absolute Gasteiger partial charge is 0.457 e. The lowest BCUT2D eigenvalue weighted by Gasteiger charge is -2.40. The normalized spacial score (nSPS) is 13.4. The van der Waals surface area contributed by atoms with Crippen LogP contribution in [0.3, 0.4) is 0 Å². The Kier molecular flexibility index (Phi) is 6.37. The van der Waals surface area contributed by atoms with Crippen molar-refractivity contribution in [2.45, 2.75) is 5.41 Å². The summed E-state index contributed by atoms with van der Waals surface area (Å²) in [6, 6.07) is 72.4. The van der Waals surface area contributed by atoms with Crippen LogP contribution in [0.4, 0.5) is 0 Å². The van der Waals surface area contributed by atoms with Crippen molar-refractivity contribution < 1.29 is 9.15 Å². The van der Waals surface area contributed by atoms with Crippen LogP contribution in [-0.2, 0) is 5.41 Å². The molecule has 0 atom stereocenters. The second-order valence-corrected chi connectivity index (χ2v) is 15.5. The Hall–Kier alpha value is -7.62. The Morgan fingerprint density at radius 3 is 1.76 bits per heavy atom. The fourth-order valence-electron chi connectivity index (χ4n) is 10.3. The van der Waals surface area contributed by atoms with Crippen LogP contribution >= 0.6 is 0 Å². The fourth-order valence-corrected chi connectivity index (χ4v) is 10.3. The molecule has 9 aromatic carbocycles. The van der Waals surface area contributed by atoms with E-state index in [1.54, 1.807) is 0 Å². The molecule has 0 N–H and O–H groups in total. The maximum Gasteiger partial charge on any atom is 0.159 e. The molecule has 3 heterocycles. The van der Waals surface area contributed by atoms with Gasteiger partial charge in [-0.1, -0.05) is 152 Å². The number of aromatic nitrogens is 1. The molecule has 0 fully saturated rings. The quantitative estimate of drug-likeness (QED) is 0.180. The minimum absolute atomic E-state index is 0.718. The molecule has 2 aliphatic rings. The van der Waals surface area contributed by atoms with E-state index in [1.165, 1.54) is 44.2 Å². The number of fused-ring (bicyclic) bond motifs is 16. The van der Waals surface area contributed by atoms with Gasteiger partial charge in [-0.15, -0.1) is 0 Å². The van der Waals surface area contributed by atoms with Crippen LogP contribution in [0.2, 0.25) is 0 Å². The first kappa shape index (κ1) is 31.6. The lowest BCUT2D eigenvalue weighted by molar-refractivity contribution is 0.437. The number of rotatable bonds is 3. The molecule has 2 aromatic heterocycles. The van der Waals surface area contributed by atoms with Crippen LogP contribution < -0.4 is 4.74 Å². The molecule has 1 aliphatic carbocycles. The van der Waals surface area contributed by atoms with Gasteiger partial charge < -0.3 is 13.7 Å². The van der Waals surface area contributed by atoms with Crippen LogP contribution in [0.5, 0.6) is 11.5 Å². The SMILES string of the molecule is c1ccc(-c2ccc3c(c2)C2(c4cc(-c5ccccc5)ccc4O3)c3ccccc3-c3ccc4c(c32)c2ccccc2n4-c2cccc3c2oc2ccccc23)cc1. The smallest absolute Gasteiger partial charge is 0.159 e. The molecule has 11 aromatic rings. The molecule has 0 saturated heterocycles. The van der Waals surface area contributed by atoms with Gasteiger partial charge in [-0.25, -0.2) is 0 Å². The average Bonchev–Trinajstić information content (AvgIpc) is 3.94. The second kappa shape index (κ2) is 11.7. The van der Waals surface area contributed by atoms with Gasteiger partial charge in [0.1, 0.15) is 17.1 Å². The van der Waals surface area contributed by atoms with Gasteiger partial charge in [-0.2, -0.15) is 0 Å². The third-order valence-corrected chi connectivity index (χ3v) is 12.7. The summed E-state index contributed by atoms with van der Waals surface area (Å²) >= 11 is 0. The van der Waals surface area contributed by atoms with E-state index in [9.17, 15) is 0 Å². The summed E-state index contributed by atoms with van der Waals surface area (Å²) < 4.78 is 16.2. The zero-order chi connectivity index (χ0) is 38.0. The standard InChI is InChI=1S/C55H33NO2/c1-3-14-34(15-4-1)36-26-30-50-44(32-36)55(45-33-37(27-31-51(45)57-50)35-16-5-2-6-17-35)43-22-10-7-18-38(43)40-28-29-47-52(53(40)55)42-20-8-11-23-46(42)56(47)48-24-13-21-41-39-19-9-12-25-49(39)58-54(41)48/h1-33H. The first-order chi connectivity index (χ1) is 28.8. The molecular formula is C55H33NO2. The van der Waals surface area contributed by atoms with Crippen molar-refractivity contribution in [2.24, 2.45) is 0 Å². The molecular weight excluding hydrogens is 707 g/mol. The zero-order valence-corrected chi connectivity index (χ0v) is 31.3. The van der Waals surface area contributed by atoms with Gasteiger partial charge in [0.25, 0.3) is 0 Å². The van der Waals surface area contributed by atoms with Crippen molar-refractivity contribution in [3.8, 4) is 50.6 Å². The third-order valence-electron chi connectivity index (χ3n) is 12.7. The van der Waals surface area contributed by atoms with Crippen LogP contribution in [0, 0.1) is 0 Å². The second-order valence-electron chi connectivity index (χ2n) is 15.5. The number of nitrogens with zero attached hydrogens (tertiary/aromatic N) is 1. The summed E-state index contributed by atoms with van der Waals surface area (Å²) in [5.74, 6) is 1.74. The highest BCUT2D eigenvalue weighted by atomic mass is 16.5. The third kappa shape index (κ3) is 4.12. The number of hydrogen-bond acceptors (Lipinski definition) is 2. The number of hydrogen-bond donors (Lipinski definition) is 0. The molecule has 58 heavy (non-hydrogen) atoms. The van der Waals surface area contributed by atoms with E-state index >= 15 is 0 Å². The van der Waals surface area contributed by atoms with Crippen molar-refractivity contribution in [2.75, 3.05) is 0 Å². The first-order valence-electron chi connectivity index (χ1n) is 19.9. The van der Waals surface area contributed by atoms with Crippen molar-refractivity contribution in [1.29, 1.82) is 0 Å². The maximum absolute atomic E-state index is 7.01. The number of benzene rings is 9. The fraction of sp³-hybridized carbons (Fsp3) is 0.0182. The Balaban J connectivity index is 1.21. The monoisotopic (exact) mass is 739 g/mol. The highest BCUT2D eigenvalue weighted by Gasteiger charge is 2.52. The van der Waals surface area contributed by atoms with Crippen molar-refractivity contribution in [3.63, 3.8) is 0 Å². The lowest BCUT2D eigenvalue weighted by atomic mass is 9.64. The first-order valence-corrected chi connectivity index (χ1v) is 19.9. The van der Waals surface area contributed by atoms with Crippen molar-refractivity contribution >= 4 is 43.7 Å². The van der Waals surface area contributed by atoms with Crippen LogP contribution in [0.25, 0.3) is 82.8 Å². The molecule has 1 spiro atoms. The van der Waals surface area contributed by atoms with Crippen LogP contribution in [0.1, 0.15) is 22.3 Å². The van der Waals surface area contributed by atoms with E-state index in [2.05, 4.69) is 199 Å². The molecule has 0 saturated carbocycles. The number of ether oxygens (including phenoxy) is 1. The summed E-state index contributed by atoms with van der Waals surface area (Å²) in [5, 5.41) is 4.65. The van der Waals surface area contributed by atoms with Crippen molar-refractivity contribution in [3.05, 3.63) is 222 Å². The predicted octanol–water partition coefficient (Wildman–Crippen LogP) is 14.5. The molecule has 13 rings (SSSR count). The average molecular weight is 740 g/mol. The molecule has 0 radical (unpaired) electrons. The molecule has 0 unspecified atom stereocenters. The Labute approximate surface area is 334 Å². The maximum atomic E-state index is 7.01. The Morgan fingerprint density at radius 1 is 0.397 bits per heavy atom. The predicted molar refractivity (Wildman–Crippen MR) is 236 cm³/mol. The lowest BCUT2D eigenvalue weighted by Crippen LogP contribution is -2.32. The molecule has 0 bridgehead atoms. The van der Waals surface area contributed by atoms with E-state index in [1.807, 2.05) is 6.07 Å². The molecule has 1 aliphatic heterocycles. The van der Waals surface area contributed by atoms with Gasteiger partial charge in [-0.3, -0.25) is 0 Å². The highest BCUT2D eigenvalue weighted by molar-refractivity contribution is 6.17. The minimum Gasteiger partial charge on any atom is -0.457 e. The van der Waals surface area contributed by atoms with Crippen LogP contribution in [0.15, 0.2) is 205 Å². The van der Waals surface area contributed by atoms with Crippen molar-refractivity contribution in [1.82, 2.24) is 4.57 Å². The van der Waals surface area contributed by atoms with Crippen LogP contribution in [-0.4, -0.2) is 4.57 Å². The topological polar surface area (TPSA) is 27.3 Å². The van der Waals surface area contributed by atoms with Gasteiger partial charge in [0, 0.05) is 32.7 Å². The zero-order valence-electron chi connectivity index (χ0n) is 31.3. The molecule has 3 nitrogen and oxygen atoms in total. The van der Waals surface area contributed by atoms with E-state index in [0.717, 1.165) is 72.4 Å². The summed E-state index contributed by atoms with van der Waals surface area (Å²) in [4.78, 5) is 0. The summed E-state index contributed by atoms with van der Waals surface area (Å²) in [6.45, 7) is 0. The van der Waals surface area contributed by atoms with Gasteiger partial charge in [-0.05, 0) is 93.0 Å². The van der Waals surface area contributed by atoms with E-state index in [-0.39, 0.29) is 0 Å². The van der Waals surface area contributed by atoms with Gasteiger partial charge in [0.05, 0.1) is 22.1 Å². The van der Waals surface area contributed by atoms with E-state index < -0.39 is 5.41 Å². The van der Waals surface area contributed by atoms with E-state index in [0.29, 0.717) is 0 Å². The summed E-state index contributed by atoms with van der Waals surface area (Å²) in [5.41, 5.74) is 16.3. The minimum atomic E-state index is -0.718. The van der Waals surface area contributed by atoms with Gasteiger partial charge >= 0.3 is 0 Å². The molecule has 0 amide bonds. The highest BCUT2D eigenvalue weighted by Crippen LogP contribution is 2.65. The van der Waals surface area contributed by atoms with Gasteiger partial charge in [0.2, 0.25) is 0 Å². The summed E-state index contributed by atoms with van der Waals surface area (Å²) in [7, 11) is 0. The molecule has 3 heteroatoms. The Morgan fingerprint density at radius 2 is 1.02 bits per heavy atom. The Bertz CT molecular complexity index is 3390.